The van der Waals surface area contributed by atoms with Gasteiger partial charge < -0.3 is 5.73 Å². The molecule has 4 heterocycles. The van der Waals surface area contributed by atoms with Gasteiger partial charge in [0.15, 0.2) is 0 Å². The third-order valence-corrected chi connectivity index (χ3v) is 5.84. The molecule has 0 aliphatic carbocycles. The van der Waals surface area contributed by atoms with E-state index < -0.39 is 0 Å². The lowest BCUT2D eigenvalue weighted by Gasteiger charge is -2.22. The lowest BCUT2D eigenvalue weighted by atomic mass is 10.0. The second-order valence-corrected chi connectivity index (χ2v) is 8.16. The minimum absolute atomic E-state index is 0.178. The number of amides is 1. The molecular formula is C25H22N8O. The van der Waals surface area contributed by atoms with Gasteiger partial charge in [0.25, 0.3) is 5.91 Å². The Morgan fingerprint density at radius 2 is 1.97 bits per heavy atom. The molecule has 34 heavy (non-hydrogen) atoms. The van der Waals surface area contributed by atoms with Gasteiger partial charge in [-0.3, -0.25) is 24.0 Å². The van der Waals surface area contributed by atoms with E-state index in [1.165, 1.54) is 0 Å². The van der Waals surface area contributed by atoms with Crippen molar-refractivity contribution in [2.75, 3.05) is 10.6 Å². The van der Waals surface area contributed by atoms with Gasteiger partial charge in [0.2, 0.25) is 0 Å². The molecule has 0 saturated carbocycles. The fraction of sp³-hybridized carbons (Fsp3) is 0.160. The van der Waals surface area contributed by atoms with Crippen molar-refractivity contribution in [3.05, 3.63) is 71.4 Å². The Morgan fingerprint density at radius 3 is 2.65 bits per heavy atom. The monoisotopic (exact) mass is 450 g/mol. The van der Waals surface area contributed by atoms with Gasteiger partial charge in [0.1, 0.15) is 5.82 Å². The number of nitrogen functional groups attached to an aromatic ring is 1. The van der Waals surface area contributed by atoms with E-state index in [1.54, 1.807) is 39.1 Å². The van der Waals surface area contributed by atoms with Gasteiger partial charge in [-0.05, 0) is 36.8 Å². The van der Waals surface area contributed by atoms with Crippen LogP contribution < -0.4 is 10.6 Å². The number of benzene rings is 1. The number of fused-ring (bicyclic) bond motifs is 3. The molecule has 0 unspecified atom stereocenters. The van der Waals surface area contributed by atoms with E-state index in [2.05, 4.69) is 26.1 Å². The minimum atomic E-state index is -0.178. The molecule has 0 atom stereocenters. The second kappa shape index (κ2) is 8.01. The van der Waals surface area contributed by atoms with E-state index in [9.17, 15) is 4.79 Å². The molecule has 0 aliphatic rings. The van der Waals surface area contributed by atoms with Crippen LogP contribution in [0.5, 0.6) is 0 Å². The molecule has 9 heteroatoms. The van der Waals surface area contributed by atoms with E-state index in [0.717, 1.165) is 21.9 Å². The Hall–Kier alpha value is -4.71. The summed E-state index contributed by atoms with van der Waals surface area (Å²) >= 11 is 0. The maximum atomic E-state index is 13.9. The first kappa shape index (κ1) is 21.2. The first-order chi connectivity index (χ1) is 16.4. The zero-order chi connectivity index (χ0) is 24.0. The van der Waals surface area contributed by atoms with Gasteiger partial charge in [0, 0.05) is 43.0 Å². The summed E-state index contributed by atoms with van der Waals surface area (Å²) in [5.41, 5.74) is 11.1. The van der Waals surface area contributed by atoms with Crippen LogP contribution in [0.4, 0.5) is 11.5 Å². The first-order valence-corrected chi connectivity index (χ1v) is 10.6. The summed E-state index contributed by atoms with van der Waals surface area (Å²) in [4.78, 5) is 24.5. The lowest BCUT2D eigenvalue weighted by Crippen LogP contribution is -2.31. The molecule has 0 saturated heterocycles. The van der Waals surface area contributed by atoms with Gasteiger partial charge in [0.05, 0.1) is 46.7 Å². The molecule has 0 radical (unpaired) electrons. The molecular weight excluding hydrogens is 428 g/mol. The van der Waals surface area contributed by atoms with Gasteiger partial charge in [-0.2, -0.15) is 10.2 Å². The molecule has 1 amide bonds. The van der Waals surface area contributed by atoms with Crippen molar-refractivity contribution in [3.63, 3.8) is 0 Å². The van der Waals surface area contributed by atoms with Crippen LogP contribution in [0.25, 0.3) is 21.8 Å². The molecule has 1 aromatic carbocycles. The third kappa shape index (κ3) is 3.51. The molecule has 5 aromatic rings. The largest absolute Gasteiger partial charge is 0.383 e. The van der Waals surface area contributed by atoms with Crippen LogP contribution in [0.2, 0.25) is 0 Å². The fourth-order valence-electron chi connectivity index (χ4n) is 4.08. The summed E-state index contributed by atoms with van der Waals surface area (Å²) in [6.45, 7) is 2.15. The van der Waals surface area contributed by atoms with Gasteiger partial charge in [-0.15, -0.1) is 6.42 Å². The van der Waals surface area contributed by atoms with E-state index in [0.29, 0.717) is 33.8 Å². The van der Waals surface area contributed by atoms with Crippen LogP contribution in [-0.4, -0.2) is 35.4 Å². The van der Waals surface area contributed by atoms with Crippen LogP contribution in [0.15, 0.2) is 49.1 Å². The van der Waals surface area contributed by atoms with Crippen molar-refractivity contribution in [1.82, 2.24) is 29.5 Å². The number of anilines is 2. The highest BCUT2D eigenvalue weighted by Crippen LogP contribution is 2.30. The molecule has 0 aliphatic heterocycles. The Labute approximate surface area is 195 Å². The number of pyridine rings is 2. The fourth-order valence-corrected chi connectivity index (χ4v) is 4.08. The predicted molar refractivity (Wildman–Crippen MR) is 131 cm³/mol. The van der Waals surface area contributed by atoms with Crippen molar-refractivity contribution in [3.8, 4) is 12.3 Å². The average molecular weight is 451 g/mol. The number of terminal acetylenes is 1. The summed E-state index contributed by atoms with van der Waals surface area (Å²) in [6.07, 6.45) is 12.2. The van der Waals surface area contributed by atoms with E-state index >= 15 is 0 Å². The maximum absolute atomic E-state index is 13.9. The Kier molecular flexibility index (Phi) is 4.98. The number of nitrogens with two attached hydrogens (primary N) is 1. The summed E-state index contributed by atoms with van der Waals surface area (Å²) in [7, 11) is 3.65. The van der Waals surface area contributed by atoms with Crippen LogP contribution in [-0.2, 0) is 20.6 Å². The molecule has 2 N–H and O–H groups in total. The number of rotatable bonds is 4. The maximum Gasteiger partial charge on any atom is 0.259 e. The zero-order valence-corrected chi connectivity index (χ0v) is 19.0. The zero-order valence-electron chi connectivity index (χ0n) is 19.0. The molecule has 0 bridgehead atoms. The normalized spacial score (nSPS) is 11.1. The highest BCUT2D eigenvalue weighted by Gasteiger charge is 2.23. The smallest absolute Gasteiger partial charge is 0.259 e. The summed E-state index contributed by atoms with van der Waals surface area (Å²) in [5, 5.41) is 10.1. The SMILES string of the molecule is C#Cc1ccc(CN(C(=O)c2cc3c(cc2C)nc(N)c2cnn(C)c23)c2cnn(C)c2)nc1. The summed E-state index contributed by atoms with van der Waals surface area (Å²) in [6, 6.07) is 7.38. The predicted octanol–water partition coefficient (Wildman–Crippen LogP) is 2.97. The first-order valence-electron chi connectivity index (χ1n) is 10.6. The standard InChI is InChI=1S/C25H22N8O/c1-5-16-6-7-17(27-10-16)13-33(18-11-28-31(3)14-18)25(34)19-9-20-22(8-15(19)2)30-24(26)21-12-29-32(4)23(20)21/h1,6-12,14H,13H2,2-4H3,(H2,26,30). The van der Waals surface area contributed by atoms with Crippen LogP contribution in [0.3, 0.4) is 0 Å². The minimum Gasteiger partial charge on any atom is -0.383 e. The van der Waals surface area contributed by atoms with Crippen molar-refractivity contribution in [1.29, 1.82) is 0 Å². The van der Waals surface area contributed by atoms with Crippen molar-refractivity contribution in [2.24, 2.45) is 14.1 Å². The van der Waals surface area contributed by atoms with Crippen LogP contribution in [0.1, 0.15) is 27.2 Å². The van der Waals surface area contributed by atoms with Crippen molar-refractivity contribution in [2.45, 2.75) is 13.5 Å². The quantitative estimate of drug-likeness (QED) is 0.422. The summed E-state index contributed by atoms with van der Waals surface area (Å²) in [5.74, 6) is 2.79. The van der Waals surface area contributed by atoms with Gasteiger partial charge >= 0.3 is 0 Å². The Balaban J connectivity index is 1.64. The number of nitrogens with zero attached hydrogens (tertiary/aromatic N) is 7. The molecule has 4 aromatic heterocycles. The number of aryl methyl sites for hydroxylation is 3. The van der Waals surface area contributed by atoms with Crippen LogP contribution >= 0.6 is 0 Å². The van der Waals surface area contributed by atoms with Crippen molar-refractivity contribution >= 4 is 39.2 Å². The second-order valence-electron chi connectivity index (χ2n) is 8.16. The molecule has 168 valence electrons. The van der Waals surface area contributed by atoms with E-state index in [4.69, 9.17) is 12.2 Å². The molecule has 5 rings (SSSR count). The molecule has 0 spiro atoms. The Morgan fingerprint density at radius 1 is 1.15 bits per heavy atom. The van der Waals surface area contributed by atoms with Gasteiger partial charge in [-0.25, -0.2) is 4.98 Å². The van der Waals surface area contributed by atoms with Crippen LogP contribution in [0, 0.1) is 19.3 Å². The van der Waals surface area contributed by atoms with Crippen molar-refractivity contribution < 1.29 is 4.79 Å². The number of hydrogen-bond acceptors (Lipinski definition) is 6. The molecule has 9 nitrogen and oxygen atoms in total. The highest BCUT2D eigenvalue weighted by atomic mass is 16.2. The average Bonchev–Trinajstić information content (AvgIpc) is 3.43. The number of carbonyl (C=O) groups is 1. The molecule has 0 fully saturated rings. The third-order valence-electron chi connectivity index (χ3n) is 5.84. The number of aromatic nitrogens is 6. The van der Waals surface area contributed by atoms with E-state index in [-0.39, 0.29) is 12.5 Å². The number of carbonyl (C=O) groups excluding carboxylic acids is 1. The topological polar surface area (TPSA) is 108 Å². The Bertz CT molecular complexity index is 1600. The number of hydrogen-bond donors (Lipinski definition) is 1. The lowest BCUT2D eigenvalue weighted by molar-refractivity contribution is 0.0984. The summed E-state index contributed by atoms with van der Waals surface area (Å²) < 4.78 is 3.40. The highest BCUT2D eigenvalue weighted by molar-refractivity contribution is 6.13. The van der Waals surface area contributed by atoms with E-state index in [1.807, 2.05) is 45.3 Å². The van der Waals surface area contributed by atoms with Gasteiger partial charge in [-0.1, -0.05) is 5.92 Å².